The van der Waals surface area contributed by atoms with Crippen LogP contribution in [0.25, 0.3) is 0 Å². The summed E-state index contributed by atoms with van der Waals surface area (Å²) in [5, 5.41) is 2.96. The number of anilines is 1. The number of para-hydroxylation sites is 1. The Morgan fingerprint density at radius 3 is 2.73 bits per heavy atom. The van der Waals surface area contributed by atoms with Crippen LogP contribution in [0.1, 0.15) is 17.5 Å². The highest BCUT2D eigenvalue weighted by Gasteiger charge is 2.19. The molecule has 2 amide bonds. The summed E-state index contributed by atoms with van der Waals surface area (Å²) in [6, 6.07) is 15.6. The van der Waals surface area contributed by atoms with Crippen LogP contribution in [0.2, 0.25) is 0 Å². The van der Waals surface area contributed by atoms with Gasteiger partial charge in [0.25, 0.3) is 0 Å². The molecule has 114 valence electrons. The standard InChI is InChI=1S/C18H20N2O2/c1-22-17-10-9-15-13-20(11-5-6-14(15)12-17)18(21)19-16-7-3-2-4-8-16/h2-4,7-10,12H,5-6,11,13H2,1H3,(H,19,21). The van der Waals surface area contributed by atoms with Crippen molar-refractivity contribution in [3.8, 4) is 5.75 Å². The lowest BCUT2D eigenvalue weighted by molar-refractivity contribution is 0.210. The lowest BCUT2D eigenvalue weighted by atomic mass is 10.0. The van der Waals surface area contributed by atoms with E-state index in [0.29, 0.717) is 6.54 Å². The summed E-state index contributed by atoms with van der Waals surface area (Å²) in [4.78, 5) is 14.3. The van der Waals surface area contributed by atoms with E-state index in [-0.39, 0.29) is 6.03 Å². The van der Waals surface area contributed by atoms with Gasteiger partial charge in [-0.15, -0.1) is 0 Å². The molecule has 0 atom stereocenters. The van der Waals surface area contributed by atoms with E-state index in [1.165, 1.54) is 11.1 Å². The van der Waals surface area contributed by atoms with Gasteiger partial charge in [0.2, 0.25) is 0 Å². The van der Waals surface area contributed by atoms with Crippen LogP contribution in [0.3, 0.4) is 0 Å². The topological polar surface area (TPSA) is 41.6 Å². The molecule has 0 aliphatic carbocycles. The smallest absolute Gasteiger partial charge is 0.322 e. The SMILES string of the molecule is COc1ccc2c(c1)CCCN(C(=O)Nc1ccccc1)C2. The van der Waals surface area contributed by atoms with Crippen LogP contribution in [0.15, 0.2) is 48.5 Å². The summed E-state index contributed by atoms with van der Waals surface area (Å²) in [6.45, 7) is 1.40. The number of rotatable bonds is 2. The Morgan fingerprint density at radius 2 is 1.95 bits per heavy atom. The predicted octanol–water partition coefficient (Wildman–Crippen LogP) is 3.68. The Bertz CT molecular complexity index is 655. The molecule has 0 saturated heterocycles. The Morgan fingerprint density at radius 1 is 1.14 bits per heavy atom. The van der Waals surface area contributed by atoms with Gasteiger partial charge in [-0.25, -0.2) is 4.79 Å². The number of fused-ring (bicyclic) bond motifs is 1. The summed E-state index contributed by atoms with van der Waals surface area (Å²) in [5.41, 5.74) is 3.29. The highest BCUT2D eigenvalue weighted by Crippen LogP contribution is 2.24. The van der Waals surface area contributed by atoms with Gasteiger partial charge in [0.1, 0.15) is 5.75 Å². The van der Waals surface area contributed by atoms with Crippen LogP contribution in [0.4, 0.5) is 10.5 Å². The summed E-state index contributed by atoms with van der Waals surface area (Å²) in [5.74, 6) is 0.876. The largest absolute Gasteiger partial charge is 0.497 e. The number of urea groups is 1. The quantitative estimate of drug-likeness (QED) is 0.918. The van der Waals surface area contributed by atoms with Crippen LogP contribution in [-0.4, -0.2) is 24.6 Å². The second kappa shape index (κ2) is 6.52. The average Bonchev–Trinajstić information content (AvgIpc) is 2.77. The third-order valence-corrected chi connectivity index (χ3v) is 3.96. The van der Waals surface area contributed by atoms with Gasteiger partial charge in [0.05, 0.1) is 7.11 Å². The van der Waals surface area contributed by atoms with E-state index in [4.69, 9.17) is 4.74 Å². The van der Waals surface area contributed by atoms with Gasteiger partial charge in [-0.3, -0.25) is 0 Å². The molecule has 0 saturated carbocycles. The zero-order chi connectivity index (χ0) is 15.4. The summed E-state index contributed by atoms with van der Waals surface area (Å²) < 4.78 is 5.28. The van der Waals surface area contributed by atoms with Crippen LogP contribution in [0, 0.1) is 0 Å². The van der Waals surface area contributed by atoms with Crippen molar-refractivity contribution in [2.45, 2.75) is 19.4 Å². The van der Waals surface area contributed by atoms with Crippen molar-refractivity contribution in [3.05, 3.63) is 59.7 Å². The van der Waals surface area contributed by atoms with Gasteiger partial charge in [-0.2, -0.15) is 0 Å². The monoisotopic (exact) mass is 296 g/mol. The number of nitrogens with one attached hydrogen (secondary N) is 1. The molecule has 1 aliphatic rings. The van der Waals surface area contributed by atoms with Crippen molar-refractivity contribution in [3.63, 3.8) is 0 Å². The molecule has 1 aliphatic heterocycles. The van der Waals surface area contributed by atoms with E-state index in [9.17, 15) is 4.79 Å². The molecule has 1 N–H and O–H groups in total. The molecule has 0 bridgehead atoms. The normalized spacial score (nSPS) is 14.0. The van der Waals surface area contributed by atoms with E-state index < -0.39 is 0 Å². The number of carbonyl (C=O) groups is 1. The highest BCUT2D eigenvalue weighted by molar-refractivity contribution is 5.89. The Kier molecular flexibility index (Phi) is 4.28. The average molecular weight is 296 g/mol. The second-order valence-electron chi connectivity index (χ2n) is 5.46. The maximum absolute atomic E-state index is 12.4. The lowest BCUT2D eigenvalue weighted by Gasteiger charge is -2.21. The second-order valence-corrected chi connectivity index (χ2v) is 5.46. The highest BCUT2D eigenvalue weighted by atomic mass is 16.5. The molecule has 0 aromatic heterocycles. The van der Waals surface area contributed by atoms with Crippen LogP contribution < -0.4 is 10.1 Å². The summed E-state index contributed by atoms with van der Waals surface area (Å²) >= 11 is 0. The van der Waals surface area contributed by atoms with Crippen LogP contribution in [0.5, 0.6) is 5.75 Å². The Labute approximate surface area is 130 Å². The van der Waals surface area contributed by atoms with Crippen molar-refractivity contribution >= 4 is 11.7 Å². The van der Waals surface area contributed by atoms with Crippen LogP contribution in [-0.2, 0) is 13.0 Å². The molecule has 0 fully saturated rings. The summed E-state index contributed by atoms with van der Waals surface area (Å²) in [6.07, 6.45) is 1.93. The third-order valence-electron chi connectivity index (χ3n) is 3.96. The molecule has 0 unspecified atom stereocenters. The first-order valence-corrected chi connectivity index (χ1v) is 7.53. The van der Waals surface area contributed by atoms with E-state index in [0.717, 1.165) is 30.8 Å². The molecule has 22 heavy (non-hydrogen) atoms. The van der Waals surface area contributed by atoms with Gasteiger partial charge in [-0.1, -0.05) is 24.3 Å². The zero-order valence-electron chi connectivity index (χ0n) is 12.7. The van der Waals surface area contributed by atoms with E-state index >= 15 is 0 Å². The fraction of sp³-hybridized carbons (Fsp3) is 0.278. The van der Waals surface area contributed by atoms with Crippen molar-refractivity contribution in [2.75, 3.05) is 19.0 Å². The minimum atomic E-state index is -0.0464. The number of nitrogens with zero attached hydrogens (tertiary/aromatic N) is 1. The molecule has 2 aromatic carbocycles. The molecule has 1 heterocycles. The minimum absolute atomic E-state index is 0.0464. The Balaban J connectivity index is 1.73. The van der Waals surface area contributed by atoms with Crippen molar-refractivity contribution in [1.29, 1.82) is 0 Å². The number of carbonyl (C=O) groups excluding carboxylic acids is 1. The van der Waals surface area contributed by atoms with Crippen LogP contribution >= 0.6 is 0 Å². The molecular weight excluding hydrogens is 276 g/mol. The number of amides is 2. The molecule has 0 radical (unpaired) electrons. The molecular formula is C18H20N2O2. The van der Waals surface area contributed by atoms with Crippen molar-refractivity contribution in [1.82, 2.24) is 4.90 Å². The predicted molar refractivity (Wildman–Crippen MR) is 87.2 cm³/mol. The van der Waals surface area contributed by atoms with E-state index in [1.54, 1.807) is 7.11 Å². The molecule has 0 spiro atoms. The van der Waals surface area contributed by atoms with Gasteiger partial charge in [0.15, 0.2) is 0 Å². The fourth-order valence-corrected chi connectivity index (χ4v) is 2.76. The molecule has 4 heteroatoms. The van der Waals surface area contributed by atoms with Crippen molar-refractivity contribution in [2.24, 2.45) is 0 Å². The lowest BCUT2D eigenvalue weighted by Crippen LogP contribution is -2.34. The van der Waals surface area contributed by atoms with Gasteiger partial charge < -0.3 is 15.0 Å². The molecule has 4 nitrogen and oxygen atoms in total. The van der Waals surface area contributed by atoms with Gasteiger partial charge in [0, 0.05) is 18.8 Å². The maximum atomic E-state index is 12.4. The Hall–Kier alpha value is -2.49. The van der Waals surface area contributed by atoms with E-state index in [2.05, 4.69) is 17.4 Å². The van der Waals surface area contributed by atoms with E-state index in [1.807, 2.05) is 41.3 Å². The number of aryl methyl sites for hydroxylation is 1. The number of ether oxygens (including phenoxy) is 1. The molecule has 3 rings (SSSR count). The first-order valence-electron chi connectivity index (χ1n) is 7.53. The molecule has 2 aromatic rings. The van der Waals surface area contributed by atoms with Gasteiger partial charge in [-0.05, 0) is 48.2 Å². The number of benzene rings is 2. The first kappa shape index (κ1) is 14.4. The minimum Gasteiger partial charge on any atom is -0.497 e. The number of hydrogen-bond donors (Lipinski definition) is 1. The maximum Gasteiger partial charge on any atom is 0.322 e. The van der Waals surface area contributed by atoms with Gasteiger partial charge >= 0.3 is 6.03 Å². The summed E-state index contributed by atoms with van der Waals surface area (Å²) in [7, 11) is 1.68. The number of hydrogen-bond acceptors (Lipinski definition) is 2. The number of methoxy groups -OCH3 is 1. The van der Waals surface area contributed by atoms with Crippen molar-refractivity contribution < 1.29 is 9.53 Å². The third kappa shape index (κ3) is 3.22. The zero-order valence-corrected chi connectivity index (χ0v) is 12.7. The fourth-order valence-electron chi connectivity index (χ4n) is 2.76. The first-order chi connectivity index (χ1) is 10.8.